The Kier molecular flexibility index (Phi) is 7.13. The monoisotopic (exact) mass is 376 g/mol. The molecule has 2 aliphatic carbocycles. The fourth-order valence-corrected chi connectivity index (χ4v) is 12.0. The number of hydrogen-bond donors (Lipinski definition) is 0. The highest BCUT2D eigenvalue weighted by molar-refractivity contribution is 8.27. The molecule has 0 saturated heterocycles. The Labute approximate surface area is 155 Å². The zero-order valence-corrected chi connectivity index (χ0v) is 18.6. The van der Waals surface area contributed by atoms with E-state index in [0.29, 0.717) is 11.3 Å². The van der Waals surface area contributed by atoms with E-state index in [0.717, 1.165) is 35.5 Å². The Hall–Kier alpha value is 0.940. The van der Waals surface area contributed by atoms with E-state index < -0.39 is 5.39 Å². The van der Waals surface area contributed by atoms with Gasteiger partial charge in [-0.15, -0.1) is 0 Å². The van der Waals surface area contributed by atoms with Gasteiger partial charge in [-0.2, -0.15) is 0 Å². The van der Waals surface area contributed by atoms with Gasteiger partial charge in [0.25, 0.3) is 0 Å². The molecule has 0 unspecified atom stereocenters. The van der Waals surface area contributed by atoms with Crippen molar-refractivity contribution in [2.45, 2.75) is 91.4 Å². The topological polar surface area (TPSA) is 0 Å². The first-order valence-corrected chi connectivity index (χ1v) is 13.8. The largest absolute Gasteiger partial charge is 0.0850 e. The predicted molar refractivity (Wildman–Crippen MR) is 110 cm³/mol. The van der Waals surface area contributed by atoms with E-state index in [1.165, 1.54) is 38.5 Å². The van der Waals surface area contributed by atoms with Gasteiger partial charge in [0.1, 0.15) is 0 Å². The third-order valence-corrected chi connectivity index (χ3v) is 13.0. The van der Waals surface area contributed by atoms with Gasteiger partial charge in [0.2, 0.25) is 0 Å². The van der Waals surface area contributed by atoms with Crippen LogP contribution in [0.4, 0.5) is 0 Å². The van der Waals surface area contributed by atoms with Crippen LogP contribution < -0.4 is 0 Å². The molecule has 0 radical (unpaired) electrons. The van der Waals surface area contributed by atoms with Crippen LogP contribution in [-0.4, -0.2) is 11.3 Å². The molecule has 0 aromatic carbocycles. The van der Waals surface area contributed by atoms with Crippen LogP contribution in [0.5, 0.6) is 0 Å². The molecule has 0 bridgehead atoms. The zero-order chi connectivity index (χ0) is 17.4. The second-order valence-electron chi connectivity index (χ2n) is 9.41. The molecule has 0 heterocycles. The minimum atomic E-state index is -1.83. The minimum absolute atomic E-state index is 0.625. The van der Waals surface area contributed by atoms with E-state index in [4.69, 9.17) is 23.0 Å². The van der Waals surface area contributed by atoms with E-state index in [1.807, 2.05) is 0 Å². The van der Waals surface area contributed by atoms with E-state index in [9.17, 15) is 0 Å². The summed E-state index contributed by atoms with van der Waals surface area (Å²) in [7, 11) is 0. The lowest BCUT2D eigenvalue weighted by atomic mass is 9.76. The normalized spacial score (nSPS) is 39.9. The fourth-order valence-electron chi connectivity index (χ4n) is 5.36. The van der Waals surface area contributed by atoms with Crippen LogP contribution in [0.15, 0.2) is 0 Å². The molecule has 0 aromatic rings. The van der Waals surface area contributed by atoms with Crippen LogP contribution in [-0.2, 0) is 11.8 Å². The van der Waals surface area contributed by atoms with Crippen molar-refractivity contribution in [3.05, 3.63) is 0 Å². The van der Waals surface area contributed by atoms with Crippen molar-refractivity contribution in [3.8, 4) is 0 Å². The van der Waals surface area contributed by atoms with Crippen LogP contribution >= 0.6 is 16.6 Å². The summed E-state index contributed by atoms with van der Waals surface area (Å²) in [6.07, 6.45) is 8.03. The first-order valence-electron chi connectivity index (χ1n) is 9.93. The third-order valence-electron chi connectivity index (χ3n) is 6.88. The van der Waals surface area contributed by atoms with Gasteiger partial charge in [0.15, 0.2) is 0 Å². The molecule has 2 rings (SSSR count). The first kappa shape index (κ1) is 20.3. The second kappa shape index (κ2) is 8.09. The number of halogens is 1. The molecular weight excluding hydrogens is 339 g/mol. The van der Waals surface area contributed by atoms with Crippen LogP contribution in [0, 0.1) is 35.5 Å². The van der Waals surface area contributed by atoms with E-state index in [2.05, 4.69) is 41.5 Å². The van der Waals surface area contributed by atoms with Crippen LogP contribution in [0.25, 0.3) is 0 Å². The predicted octanol–water partition coefficient (Wildman–Crippen LogP) is 7.54. The molecule has 136 valence electrons. The quantitative estimate of drug-likeness (QED) is 0.456. The second-order valence-corrected chi connectivity index (χ2v) is 16.1. The Morgan fingerprint density at radius 3 is 1.43 bits per heavy atom. The third kappa shape index (κ3) is 4.57. The maximum atomic E-state index is 7.43. The first-order chi connectivity index (χ1) is 10.6. The van der Waals surface area contributed by atoms with Crippen molar-refractivity contribution in [1.29, 1.82) is 0 Å². The molecule has 2 saturated carbocycles. The SMILES string of the molecule is CC(C)[C@@H]1CC[C@@H](C)C[C@H]1P(=S)(Cl)[C@@H]1C[C@H](C)CC[C@H]1C(C)C. The molecular formula is C20H38ClPS. The summed E-state index contributed by atoms with van der Waals surface area (Å²) in [6, 6.07) is 0. The Morgan fingerprint density at radius 1 is 0.783 bits per heavy atom. The number of hydrogen-bond acceptors (Lipinski definition) is 1. The summed E-state index contributed by atoms with van der Waals surface area (Å²) in [6.45, 7) is 14.4. The van der Waals surface area contributed by atoms with Gasteiger partial charge in [-0.3, -0.25) is 0 Å². The summed E-state index contributed by atoms with van der Waals surface area (Å²) >= 11 is 13.8. The van der Waals surface area contributed by atoms with Crippen molar-refractivity contribution in [2.24, 2.45) is 35.5 Å². The smallest absolute Gasteiger partial charge is 0.0452 e. The average Bonchev–Trinajstić information content (AvgIpc) is 2.46. The molecule has 23 heavy (non-hydrogen) atoms. The van der Waals surface area contributed by atoms with Crippen molar-refractivity contribution < 1.29 is 0 Å². The molecule has 0 N–H and O–H groups in total. The van der Waals surface area contributed by atoms with Gasteiger partial charge in [-0.05, 0) is 61.2 Å². The van der Waals surface area contributed by atoms with Crippen LogP contribution in [0.1, 0.15) is 80.1 Å². The molecule has 0 aromatic heterocycles. The molecule has 6 atom stereocenters. The van der Waals surface area contributed by atoms with Crippen LogP contribution in [0.3, 0.4) is 0 Å². The molecule has 2 fully saturated rings. The Balaban J connectivity index is 2.30. The summed E-state index contributed by atoms with van der Waals surface area (Å²) < 4.78 is 0. The van der Waals surface area contributed by atoms with Gasteiger partial charge in [-0.1, -0.05) is 77.4 Å². The highest BCUT2D eigenvalue weighted by Crippen LogP contribution is 2.70. The highest BCUT2D eigenvalue weighted by atomic mass is 35.7. The standard InChI is InChI=1S/C20H38ClPS/c1-13(2)17-9-7-15(5)11-19(17)22(21,23)20-12-16(6)8-10-18(20)14(3)4/h13-20H,7-12H2,1-6H3/t15-,16-,17+,18+,19-,20-/m1/s1. The Morgan fingerprint density at radius 2 is 1.13 bits per heavy atom. The fraction of sp³-hybridized carbons (Fsp3) is 1.00. The molecule has 0 nitrogen and oxygen atoms in total. The van der Waals surface area contributed by atoms with Crippen LogP contribution in [0.2, 0.25) is 0 Å². The summed E-state index contributed by atoms with van der Waals surface area (Å²) in [4.78, 5) is 0. The summed E-state index contributed by atoms with van der Waals surface area (Å²) in [5.41, 5.74) is 1.25. The molecule has 0 aliphatic heterocycles. The van der Waals surface area contributed by atoms with Gasteiger partial charge >= 0.3 is 0 Å². The average molecular weight is 377 g/mol. The summed E-state index contributed by atoms with van der Waals surface area (Å²) in [5.74, 6) is 4.61. The Bertz CT molecular complexity index is 397. The molecule has 2 aliphatic rings. The molecule has 3 heteroatoms. The molecule has 0 amide bonds. The maximum absolute atomic E-state index is 7.43. The lowest BCUT2D eigenvalue weighted by Crippen LogP contribution is -2.38. The highest BCUT2D eigenvalue weighted by Gasteiger charge is 2.47. The van der Waals surface area contributed by atoms with Crippen molar-refractivity contribution >= 4 is 28.4 Å². The number of rotatable bonds is 4. The van der Waals surface area contributed by atoms with E-state index in [1.54, 1.807) is 0 Å². The van der Waals surface area contributed by atoms with Crippen molar-refractivity contribution in [1.82, 2.24) is 0 Å². The van der Waals surface area contributed by atoms with Gasteiger partial charge < -0.3 is 0 Å². The summed E-state index contributed by atoms with van der Waals surface area (Å²) in [5, 5.41) is -1.83. The van der Waals surface area contributed by atoms with Gasteiger partial charge in [-0.25, -0.2) is 0 Å². The lowest BCUT2D eigenvalue weighted by molar-refractivity contribution is 0.224. The molecule has 0 spiro atoms. The lowest BCUT2D eigenvalue weighted by Gasteiger charge is -2.48. The van der Waals surface area contributed by atoms with E-state index in [-0.39, 0.29) is 0 Å². The maximum Gasteiger partial charge on any atom is 0.0452 e. The van der Waals surface area contributed by atoms with Gasteiger partial charge in [0, 0.05) is 16.7 Å². The van der Waals surface area contributed by atoms with E-state index >= 15 is 0 Å². The van der Waals surface area contributed by atoms with Crippen molar-refractivity contribution in [3.63, 3.8) is 0 Å². The zero-order valence-electron chi connectivity index (χ0n) is 16.1. The van der Waals surface area contributed by atoms with Crippen molar-refractivity contribution in [2.75, 3.05) is 0 Å². The minimum Gasteiger partial charge on any atom is -0.0850 e. The van der Waals surface area contributed by atoms with Gasteiger partial charge in [0.05, 0.1) is 0 Å².